The van der Waals surface area contributed by atoms with Gasteiger partial charge >= 0.3 is 0 Å². The van der Waals surface area contributed by atoms with Crippen molar-refractivity contribution >= 4 is 5.65 Å². The number of hydrogen-bond acceptors (Lipinski definition) is 3. The maximum atomic E-state index is 12.9. The molecule has 0 saturated carbocycles. The lowest BCUT2D eigenvalue weighted by molar-refractivity contribution is 0.181. The number of nitrogens with two attached hydrogens (primary N) is 1. The fourth-order valence-corrected chi connectivity index (χ4v) is 1.34. The van der Waals surface area contributed by atoms with Crippen LogP contribution in [0.2, 0.25) is 0 Å². The molecule has 14 heavy (non-hydrogen) atoms. The molecule has 2 aromatic rings. The third kappa shape index (κ3) is 1.36. The first-order valence-electron chi connectivity index (χ1n) is 4.23. The number of aliphatic hydroxyl groups excluding tert-OH is 1. The van der Waals surface area contributed by atoms with Crippen molar-refractivity contribution in [2.24, 2.45) is 5.73 Å². The second kappa shape index (κ2) is 3.36. The van der Waals surface area contributed by atoms with E-state index in [2.05, 4.69) is 4.98 Å². The number of halogens is 1. The van der Waals surface area contributed by atoms with E-state index in [1.807, 2.05) is 0 Å². The molecule has 0 spiro atoms. The summed E-state index contributed by atoms with van der Waals surface area (Å²) in [6.45, 7) is 0.0876. The van der Waals surface area contributed by atoms with E-state index in [9.17, 15) is 9.50 Å². The highest BCUT2D eigenvalue weighted by molar-refractivity contribution is 5.40. The van der Waals surface area contributed by atoms with E-state index in [1.165, 1.54) is 22.9 Å². The predicted octanol–water partition coefficient (Wildman–Crippen LogP) is 0.465. The van der Waals surface area contributed by atoms with E-state index in [0.717, 1.165) is 0 Å². The summed E-state index contributed by atoms with van der Waals surface area (Å²) in [4.78, 5) is 4.01. The Hall–Kier alpha value is -1.46. The van der Waals surface area contributed by atoms with Crippen LogP contribution in [0.3, 0.4) is 0 Å². The number of aromatic nitrogens is 2. The smallest absolute Gasteiger partial charge is 0.139 e. The predicted molar refractivity (Wildman–Crippen MR) is 49.2 cm³/mol. The normalized spacial score (nSPS) is 13.4. The number of aliphatic hydroxyl groups is 1. The highest BCUT2D eigenvalue weighted by atomic mass is 19.1. The summed E-state index contributed by atoms with van der Waals surface area (Å²) in [6.07, 6.45) is 1.95. The number of pyridine rings is 1. The highest BCUT2D eigenvalue weighted by Crippen LogP contribution is 2.14. The Kier molecular flexibility index (Phi) is 2.18. The van der Waals surface area contributed by atoms with E-state index >= 15 is 0 Å². The van der Waals surface area contributed by atoms with Crippen LogP contribution in [0.25, 0.3) is 5.65 Å². The second-order valence-corrected chi connectivity index (χ2v) is 3.01. The van der Waals surface area contributed by atoms with E-state index in [-0.39, 0.29) is 12.4 Å². The van der Waals surface area contributed by atoms with Gasteiger partial charge in [-0.1, -0.05) is 0 Å². The van der Waals surface area contributed by atoms with Crippen molar-refractivity contribution in [1.29, 1.82) is 0 Å². The first kappa shape index (κ1) is 9.11. The fraction of sp³-hybridized carbons (Fsp3) is 0.222. The summed E-state index contributed by atoms with van der Waals surface area (Å²) in [5.41, 5.74) is 6.40. The third-order valence-corrected chi connectivity index (χ3v) is 2.06. The van der Waals surface area contributed by atoms with Crippen LogP contribution >= 0.6 is 0 Å². The molecule has 0 fully saturated rings. The summed E-state index contributed by atoms with van der Waals surface area (Å²) < 4.78 is 14.4. The molecule has 0 aromatic carbocycles. The first-order valence-corrected chi connectivity index (χ1v) is 4.23. The van der Waals surface area contributed by atoms with Gasteiger partial charge in [0.25, 0.3) is 0 Å². The van der Waals surface area contributed by atoms with Crippen LogP contribution in [0.5, 0.6) is 0 Å². The van der Waals surface area contributed by atoms with Gasteiger partial charge in [-0.05, 0) is 12.1 Å². The number of hydrogen-bond donors (Lipinski definition) is 2. The molecule has 0 aliphatic rings. The standard InChI is InChI=1S/C9H10FN3O/c10-6-1-2-9-12-4-7(8(14)3-11)13(9)5-6/h1-2,4-5,8,14H,3,11H2. The molecule has 0 aliphatic carbocycles. The Morgan fingerprint density at radius 1 is 1.57 bits per heavy atom. The zero-order valence-corrected chi connectivity index (χ0v) is 7.39. The molecule has 0 aliphatic heterocycles. The molecular formula is C9H10FN3O. The van der Waals surface area contributed by atoms with Gasteiger partial charge in [0.15, 0.2) is 0 Å². The zero-order valence-electron chi connectivity index (χ0n) is 7.39. The van der Waals surface area contributed by atoms with Crippen molar-refractivity contribution in [3.05, 3.63) is 36.0 Å². The molecule has 1 atom stereocenters. The quantitative estimate of drug-likeness (QED) is 0.732. The number of imidazole rings is 1. The van der Waals surface area contributed by atoms with Crippen LogP contribution in [-0.4, -0.2) is 21.0 Å². The molecule has 2 aromatic heterocycles. The lowest BCUT2D eigenvalue weighted by Crippen LogP contribution is -2.13. The van der Waals surface area contributed by atoms with Crippen LogP contribution in [0.4, 0.5) is 4.39 Å². The van der Waals surface area contributed by atoms with E-state index in [0.29, 0.717) is 11.3 Å². The third-order valence-electron chi connectivity index (χ3n) is 2.06. The van der Waals surface area contributed by atoms with Crippen LogP contribution in [0.15, 0.2) is 24.5 Å². The van der Waals surface area contributed by atoms with E-state index in [4.69, 9.17) is 5.73 Å². The fourth-order valence-electron chi connectivity index (χ4n) is 1.34. The second-order valence-electron chi connectivity index (χ2n) is 3.01. The molecule has 3 N–H and O–H groups in total. The van der Waals surface area contributed by atoms with Crippen LogP contribution in [-0.2, 0) is 0 Å². The van der Waals surface area contributed by atoms with Crippen molar-refractivity contribution in [1.82, 2.24) is 9.38 Å². The monoisotopic (exact) mass is 195 g/mol. The molecule has 2 rings (SSSR count). The van der Waals surface area contributed by atoms with Crippen molar-refractivity contribution < 1.29 is 9.50 Å². The Bertz CT molecular complexity index is 454. The first-order chi connectivity index (χ1) is 6.72. The molecule has 1 unspecified atom stereocenters. The molecule has 4 nitrogen and oxygen atoms in total. The minimum atomic E-state index is -0.813. The Balaban J connectivity index is 2.61. The summed E-state index contributed by atoms with van der Waals surface area (Å²) in [6, 6.07) is 2.86. The molecule has 0 bridgehead atoms. The van der Waals surface area contributed by atoms with Gasteiger partial charge in [-0.15, -0.1) is 0 Å². The largest absolute Gasteiger partial charge is 0.385 e. The minimum Gasteiger partial charge on any atom is -0.385 e. The summed E-state index contributed by atoms with van der Waals surface area (Å²) >= 11 is 0. The van der Waals surface area contributed by atoms with Crippen molar-refractivity contribution in [3.8, 4) is 0 Å². The summed E-state index contributed by atoms with van der Waals surface area (Å²) in [7, 11) is 0. The van der Waals surface area contributed by atoms with Gasteiger partial charge in [0.05, 0.1) is 11.9 Å². The van der Waals surface area contributed by atoms with Gasteiger partial charge < -0.3 is 10.8 Å². The molecule has 5 heteroatoms. The van der Waals surface area contributed by atoms with Crippen LogP contribution < -0.4 is 5.73 Å². The molecule has 0 radical (unpaired) electrons. The zero-order chi connectivity index (χ0) is 10.1. The summed E-state index contributed by atoms with van der Waals surface area (Å²) in [5.74, 6) is -0.374. The molecule has 0 saturated heterocycles. The van der Waals surface area contributed by atoms with Crippen molar-refractivity contribution in [3.63, 3.8) is 0 Å². The van der Waals surface area contributed by atoms with Crippen LogP contribution in [0.1, 0.15) is 11.8 Å². The van der Waals surface area contributed by atoms with Gasteiger partial charge in [-0.3, -0.25) is 4.40 Å². The van der Waals surface area contributed by atoms with Crippen molar-refractivity contribution in [2.45, 2.75) is 6.10 Å². The van der Waals surface area contributed by atoms with Crippen molar-refractivity contribution in [2.75, 3.05) is 6.54 Å². The average molecular weight is 195 g/mol. The van der Waals surface area contributed by atoms with Gasteiger partial charge in [0, 0.05) is 12.7 Å². The maximum absolute atomic E-state index is 12.9. The lowest BCUT2D eigenvalue weighted by atomic mass is 10.3. The van der Waals surface area contributed by atoms with E-state index < -0.39 is 6.10 Å². The van der Waals surface area contributed by atoms with Gasteiger partial charge in [-0.2, -0.15) is 0 Å². The van der Waals surface area contributed by atoms with Gasteiger partial charge in [-0.25, -0.2) is 9.37 Å². The highest BCUT2D eigenvalue weighted by Gasteiger charge is 2.11. The van der Waals surface area contributed by atoms with Crippen LogP contribution in [0, 0.1) is 5.82 Å². The lowest BCUT2D eigenvalue weighted by Gasteiger charge is -2.06. The average Bonchev–Trinajstić information content (AvgIpc) is 2.59. The van der Waals surface area contributed by atoms with E-state index in [1.54, 1.807) is 6.07 Å². The Labute approximate surface area is 79.8 Å². The maximum Gasteiger partial charge on any atom is 0.139 e. The number of nitrogens with zero attached hydrogens (tertiary/aromatic N) is 2. The molecular weight excluding hydrogens is 185 g/mol. The molecule has 0 amide bonds. The Morgan fingerprint density at radius 2 is 2.36 bits per heavy atom. The van der Waals surface area contributed by atoms with Gasteiger partial charge in [0.2, 0.25) is 0 Å². The molecule has 2 heterocycles. The number of fused-ring (bicyclic) bond motifs is 1. The number of rotatable bonds is 2. The SMILES string of the molecule is NCC(O)c1cnc2ccc(F)cn12. The molecule has 74 valence electrons. The topological polar surface area (TPSA) is 63.5 Å². The minimum absolute atomic E-state index is 0.0876. The van der Waals surface area contributed by atoms with Gasteiger partial charge in [0.1, 0.15) is 17.6 Å². The summed E-state index contributed by atoms with van der Waals surface area (Å²) in [5, 5.41) is 9.50. The Morgan fingerprint density at radius 3 is 3.07 bits per heavy atom.